The molecule has 0 aromatic heterocycles. The van der Waals surface area contributed by atoms with Gasteiger partial charge in [0.1, 0.15) is 0 Å². The molecule has 0 atom stereocenters. The monoisotopic (exact) mass is 261 g/mol. The van der Waals surface area contributed by atoms with Crippen molar-refractivity contribution in [3.63, 3.8) is 0 Å². The van der Waals surface area contributed by atoms with Crippen LogP contribution in [0.2, 0.25) is 0 Å². The summed E-state index contributed by atoms with van der Waals surface area (Å²) in [6, 6.07) is 5.78. The maximum Gasteiger partial charge on any atom is 0.250 e. The van der Waals surface area contributed by atoms with Gasteiger partial charge in [-0.3, -0.25) is 4.79 Å². The molecule has 19 heavy (non-hydrogen) atoms. The summed E-state index contributed by atoms with van der Waals surface area (Å²) in [5.41, 5.74) is 13.4. The lowest BCUT2D eigenvalue weighted by Crippen LogP contribution is -2.33. The fraction of sp³-hybridized carbons (Fsp3) is 0.533. The van der Waals surface area contributed by atoms with Crippen LogP contribution in [0.4, 0.5) is 11.4 Å². The first-order valence-corrected chi connectivity index (χ1v) is 7.02. The SMILES string of the molecule is CN(c1cc(N)ccc1C(N)=O)C1CCCCCC1. The molecule has 1 aromatic carbocycles. The Bertz CT molecular complexity index is 451. The maximum atomic E-state index is 11.5. The number of nitrogens with zero attached hydrogens (tertiary/aromatic N) is 1. The van der Waals surface area contributed by atoms with Crippen molar-refractivity contribution >= 4 is 17.3 Å². The summed E-state index contributed by atoms with van der Waals surface area (Å²) in [5, 5.41) is 0. The molecule has 1 amide bonds. The second-order valence-electron chi connectivity index (χ2n) is 5.40. The Hall–Kier alpha value is -1.71. The Morgan fingerprint density at radius 3 is 2.42 bits per heavy atom. The molecule has 4 nitrogen and oxygen atoms in total. The zero-order valence-corrected chi connectivity index (χ0v) is 11.6. The summed E-state index contributed by atoms with van der Waals surface area (Å²) in [5.74, 6) is -0.393. The predicted molar refractivity (Wildman–Crippen MR) is 79.3 cm³/mol. The van der Waals surface area contributed by atoms with Crippen LogP contribution in [0.1, 0.15) is 48.9 Å². The van der Waals surface area contributed by atoms with Crippen molar-refractivity contribution in [2.75, 3.05) is 17.7 Å². The Morgan fingerprint density at radius 2 is 1.84 bits per heavy atom. The van der Waals surface area contributed by atoms with Crippen LogP contribution in [-0.2, 0) is 0 Å². The van der Waals surface area contributed by atoms with Gasteiger partial charge in [-0.1, -0.05) is 25.7 Å². The third-order valence-corrected chi connectivity index (χ3v) is 4.04. The van der Waals surface area contributed by atoms with E-state index in [2.05, 4.69) is 4.90 Å². The van der Waals surface area contributed by atoms with Gasteiger partial charge < -0.3 is 16.4 Å². The van der Waals surface area contributed by atoms with E-state index in [9.17, 15) is 4.79 Å². The first kappa shape index (κ1) is 13.7. The van der Waals surface area contributed by atoms with E-state index in [4.69, 9.17) is 11.5 Å². The second kappa shape index (κ2) is 5.95. The Kier molecular flexibility index (Phi) is 4.30. The molecule has 1 fully saturated rings. The Balaban J connectivity index is 2.28. The highest BCUT2D eigenvalue weighted by atomic mass is 16.1. The third-order valence-electron chi connectivity index (χ3n) is 4.04. The first-order valence-electron chi connectivity index (χ1n) is 7.02. The molecule has 4 N–H and O–H groups in total. The molecule has 1 aliphatic rings. The minimum atomic E-state index is -0.393. The molecule has 1 aliphatic carbocycles. The zero-order valence-electron chi connectivity index (χ0n) is 11.6. The topological polar surface area (TPSA) is 72.3 Å². The molecule has 4 heteroatoms. The number of nitrogens with two attached hydrogens (primary N) is 2. The molecule has 2 rings (SSSR count). The number of primary amides is 1. The second-order valence-corrected chi connectivity index (χ2v) is 5.40. The molecule has 0 unspecified atom stereocenters. The van der Waals surface area contributed by atoms with Gasteiger partial charge in [-0.15, -0.1) is 0 Å². The van der Waals surface area contributed by atoms with Gasteiger partial charge in [0.15, 0.2) is 0 Å². The van der Waals surface area contributed by atoms with Crippen molar-refractivity contribution in [1.82, 2.24) is 0 Å². The largest absolute Gasteiger partial charge is 0.399 e. The van der Waals surface area contributed by atoms with Gasteiger partial charge in [0, 0.05) is 18.8 Å². The lowest BCUT2D eigenvalue weighted by atomic mass is 10.0. The van der Waals surface area contributed by atoms with Crippen LogP contribution in [0, 0.1) is 0 Å². The summed E-state index contributed by atoms with van der Waals surface area (Å²) in [6.07, 6.45) is 7.47. The van der Waals surface area contributed by atoms with Crippen LogP contribution in [0.5, 0.6) is 0 Å². The predicted octanol–water partition coefficient (Wildman–Crippen LogP) is 2.53. The van der Waals surface area contributed by atoms with E-state index in [0.717, 1.165) is 5.69 Å². The van der Waals surface area contributed by atoms with Crippen LogP contribution in [0.3, 0.4) is 0 Å². The number of benzene rings is 1. The smallest absolute Gasteiger partial charge is 0.250 e. The molecule has 0 spiro atoms. The zero-order chi connectivity index (χ0) is 13.8. The van der Waals surface area contributed by atoms with Gasteiger partial charge in [-0.2, -0.15) is 0 Å². The average Bonchev–Trinajstić information content (AvgIpc) is 2.66. The normalized spacial score (nSPS) is 16.9. The van der Waals surface area contributed by atoms with Crippen LogP contribution >= 0.6 is 0 Å². The number of amides is 1. The molecule has 0 bridgehead atoms. The molecular weight excluding hydrogens is 238 g/mol. The average molecular weight is 261 g/mol. The molecule has 0 saturated heterocycles. The summed E-state index contributed by atoms with van der Waals surface area (Å²) in [4.78, 5) is 13.7. The van der Waals surface area contributed by atoms with E-state index in [0.29, 0.717) is 17.3 Å². The van der Waals surface area contributed by atoms with E-state index in [-0.39, 0.29) is 0 Å². The van der Waals surface area contributed by atoms with Gasteiger partial charge in [0.25, 0.3) is 5.91 Å². The summed E-state index contributed by atoms with van der Waals surface area (Å²) in [6.45, 7) is 0. The molecule has 1 aromatic rings. The van der Waals surface area contributed by atoms with Gasteiger partial charge >= 0.3 is 0 Å². The minimum absolute atomic E-state index is 0.393. The number of carbonyl (C=O) groups excluding carboxylic acids is 1. The van der Waals surface area contributed by atoms with Crippen molar-refractivity contribution < 1.29 is 4.79 Å². The van der Waals surface area contributed by atoms with Gasteiger partial charge in [0.05, 0.1) is 11.3 Å². The summed E-state index contributed by atoms with van der Waals surface area (Å²) in [7, 11) is 2.04. The van der Waals surface area contributed by atoms with Gasteiger partial charge in [-0.25, -0.2) is 0 Å². The lowest BCUT2D eigenvalue weighted by Gasteiger charge is -2.30. The van der Waals surface area contributed by atoms with Crippen molar-refractivity contribution in [3.05, 3.63) is 23.8 Å². The van der Waals surface area contributed by atoms with E-state index >= 15 is 0 Å². The highest BCUT2D eigenvalue weighted by Gasteiger charge is 2.21. The number of hydrogen-bond donors (Lipinski definition) is 2. The summed E-state index contributed by atoms with van der Waals surface area (Å²) < 4.78 is 0. The van der Waals surface area contributed by atoms with Crippen LogP contribution in [-0.4, -0.2) is 19.0 Å². The van der Waals surface area contributed by atoms with Gasteiger partial charge in [-0.05, 0) is 31.0 Å². The standard InChI is InChI=1S/C15H23N3O/c1-18(12-6-4-2-3-5-7-12)14-10-11(16)8-9-13(14)15(17)19/h8-10,12H,2-7,16H2,1H3,(H2,17,19). The maximum absolute atomic E-state index is 11.5. The van der Waals surface area contributed by atoms with Crippen molar-refractivity contribution in [2.45, 2.75) is 44.6 Å². The Morgan fingerprint density at radius 1 is 1.21 bits per heavy atom. The van der Waals surface area contributed by atoms with Crippen LogP contribution in [0.15, 0.2) is 18.2 Å². The third kappa shape index (κ3) is 3.19. The first-order chi connectivity index (χ1) is 9.09. The molecule has 104 valence electrons. The molecular formula is C15H23N3O. The highest BCUT2D eigenvalue weighted by Crippen LogP contribution is 2.29. The number of nitrogen functional groups attached to an aromatic ring is 1. The number of anilines is 2. The van der Waals surface area contributed by atoms with Crippen molar-refractivity contribution in [3.8, 4) is 0 Å². The van der Waals surface area contributed by atoms with Crippen molar-refractivity contribution in [2.24, 2.45) is 5.73 Å². The molecule has 1 saturated carbocycles. The van der Waals surface area contributed by atoms with Crippen LogP contribution < -0.4 is 16.4 Å². The molecule has 0 radical (unpaired) electrons. The molecule has 0 heterocycles. The quantitative estimate of drug-likeness (QED) is 0.648. The fourth-order valence-corrected chi connectivity index (χ4v) is 2.89. The number of hydrogen-bond acceptors (Lipinski definition) is 3. The number of carbonyl (C=O) groups is 1. The van der Waals surface area contributed by atoms with E-state index in [1.54, 1.807) is 12.1 Å². The van der Waals surface area contributed by atoms with E-state index in [1.807, 2.05) is 13.1 Å². The summed E-state index contributed by atoms with van der Waals surface area (Å²) >= 11 is 0. The minimum Gasteiger partial charge on any atom is -0.399 e. The number of rotatable bonds is 3. The Labute approximate surface area is 114 Å². The van der Waals surface area contributed by atoms with E-state index in [1.165, 1.54) is 38.5 Å². The van der Waals surface area contributed by atoms with Gasteiger partial charge in [0.2, 0.25) is 0 Å². The van der Waals surface area contributed by atoms with Crippen LogP contribution in [0.25, 0.3) is 0 Å². The lowest BCUT2D eigenvalue weighted by molar-refractivity contribution is 0.100. The van der Waals surface area contributed by atoms with Crippen molar-refractivity contribution in [1.29, 1.82) is 0 Å². The highest BCUT2D eigenvalue weighted by molar-refractivity contribution is 5.99. The van der Waals surface area contributed by atoms with E-state index < -0.39 is 5.91 Å². The fourth-order valence-electron chi connectivity index (χ4n) is 2.89. The molecule has 0 aliphatic heterocycles.